The topological polar surface area (TPSA) is 45.1 Å². The molecule has 0 aromatic carbocycles. The fraction of sp³-hybridized carbons (Fsp3) is 0.467. The van der Waals surface area contributed by atoms with Crippen LogP contribution in [0.4, 0.5) is 0 Å². The van der Waals surface area contributed by atoms with Crippen LogP contribution in [0.2, 0.25) is 0 Å². The van der Waals surface area contributed by atoms with Crippen molar-refractivity contribution < 1.29 is 9.53 Å². The average Bonchev–Trinajstić information content (AvgIpc) is 2.81. The maximum absolute atomic E-state index is 12.1. The molecule has 5 nitrogen and oxygen atoms in total. The Morgan fingerprint density at radius 1 is 1.20 bits per heavy atom. The Morgan fingerprint density at radius 3 is 2.35 bits per heavy atom. The summed E-state index contributed by atoms with van der Waals surface area (Å²) in [6.07, 6.45) is 3.62. The van der Waals surface area contributed by atoms with Crippen LogP contribution in [0.15, 0.2) is 40.2 Å². The van der Waals surface area contributed by atoms with Crippen molar-refractivity contribution in [2.45, 2.75) is 27.7 Å². The van der Waals surface area contributed by atoms with Gasteiger partial charge in [-0.2, -0.15) is 5.10 Å². The molecule has 0 aromatic rings. The number of hydrogen-bond donors (Lipinski definition) is 0. The van der Waals surface area contributed by atoms with Crippen molar-refractivity contribution in [3.05, 3.63) is 35.1 Å². The van der Waals surface area contributed by atoms with Crippen LogP contribution in [0.3, 0.4) is 0 Å². The zero-order valence-corrected chi connectivity index (χ0v) is 12.9. The maximum Gasteiger partial charge on any atom is 0.275 e. The second-order valence-electron chi connectivity index (χ2n) is 5.36. The van der Waals surface area contributed by atoms with Gasteiger partial charge in [0.15, 0.2) is 5.88 Å². The largest absolute Gasteiger partial charge is 0.444 e. The van der Waals surface area contributed by atoms with Gasteiger partial charge >= 0.3 is 0 Å². The smallest absolute Gasteiger partial charge is 0.275 e. The molecule has 0 saturated carbocycles. The number of carbonyl (C=O) groups is 1. The number of amides is 1. The Balaban J connectivity index is 2.28. The van der Waals surface area contributed by atoms with E-state index in [2.05, 4.69) is 5.10 Å². The molecule has 0 aliphatic carbocycles. The predicted octanol–water partition coefficient (Wildman–Crippen LogP) is 2.45. The first-order valence-corrected chi connectivity index (χ1v) is 6.71. The van der Waals surface area contributed by atoms with Gasteiger partial charge in [0.2, 0.25) is 0 Å². The van der Waals surface area contributed by atoms with Crippen molar-refractivity contribution in [2.75, 3.05) is 14.1 Å². The summed E-state index contributed by atoms with van der Waals surface area (Å²) in [7, 11) is 3.61. The predicted molar refractivity (Wildman–Crippen MR) is 78.4 cm³/mol. The number of ether oxygens (including phenoxy) is 1. The first kappa shape index (κ1) is 14.4. The third-order valence-corrected chi connectivity index (χ3v) is 3.60. The second kappa shape index (κ2) is 5.15. The lowest BCUT2D eigenvalue weighted by atomic mass is 10.00. The van der Waals surface area contributed by atoms with Gasteiger partial charge in [0, 0.05) is 14.1 Å². The molecule has 2 aliphatic rings. The Kier molecular flexibility index (Phi) is 3.70. The highest BCUT2D eigenvalue weighted by molar-refractivity contribution is 6.25. The third-order valence-electron chi connectivity index (χ3n) is 3.60. The van der Waals surface area contributed by atoms with Crippen LogP contribution in [-0.4, -0.2) is 35.6 Å². The zero-order valence-electron chi connectivity index (χ0n) is 12.9. The number of carbonyl (C=O) groups excluding carboxylic acids is 1. The molecule has 0 unspecified atom stereocenters. The van der Waals surface area contributed by atoms with E-state index in [4.69, 9.17) is 4.74 Å². The summed E-state index contributed by atoms with van der Waals surface area (Å²) < 4.78 is 5.66. The van der Waals surface area contributed by atoms with E-state index in [0.29, 0.717) is 5.57 Å². The Hall–Kier alpha value is -2.04. The van der Waals surface area contributed by atoms with Crippen LogP contribution in [0, 0.1) is 5.92 Å². The van der Waals surface area contributed by atoms with Gasteiger partial charge in [0.1, 0.15) is 5.76 Å². The van der Waals surface area contributed by atoms with Crippen molar-refractivity contribution in [3.63, 3.8) is 0 Å². The summed E-state index contributed by atoms with van der Waals surface area (Å²) in [5, 5.41) is 5.67. The molecule has 0 spiro atoms. The third kappa shape index (κ3) is 2.35. The number of hydrazone groups is 1. The molecule has 1 amide bonds. The molecular formula is C15H21N3O2. The summed E-state index contributed by atoms with van der Waals surface area (Å²) in [6.45, 7) is 7.98. The minimum atomic E-state index is -0.0763. The molecule has 0 N–H and O–H groups in total. The van der Waals surface area contributed by atoms with E-state index < -0.39 is 0 Å². The van der Waals surface area contributed by atoms with E-state index in [-0.39, 0.29) is 11.8 Å². The van der Waals surface area contributed by atoms with Crippen molar-refractivity contribution in [1.29, 1.82) is 0 Å². The van der Waals surface area contributed by atoms with E-state index in [0.717, 1.165) is 23.1 Å². The van der Waals surface area contributed by atoms with Gasteiger partial charge in [-0.05, 0) is 31.9 Å². The summed E-state index contributed by atoms with van der Waals surface area (Å²) in [4.78, 5) is 14.0. The molecule has 108 valence electrons. The molecule has 5 heteroatoms. The minimum Gasteiger partial charge on any atom is -0.444 e. The lowest BCUT2D eigenvalue weighted by molar-refractivity contribution is -0.124. The molecular weight excluding hydrogens is 254 g/mol. The van der Waals surface area contributed by atoms with E-state index >= 15 is 0 Å². The lowest BCUT2D eigenvalue weighted by Gasteiger charge is -2.11. The molecule has 2 heterocycles. The van der Waals surface area contributed by atoms with Gasteiger partial charge in [-0.3, -0.25) is 4.79 Å². The molecule has 0 aromatic heterocycles. The summed E-state index contributed by atoms with van der Waals surface area (Å²) in [5.74, 6) is 1.73. The first-order chi connectivity index (χ1) is 9.32. The van der Waals surface area contributed by atoms with E-state index in [1.54, 1.807) is 13.1 Å². The minimum absolute atomic E-state index is 0.0763. The maximum atomic E-state index is 12.1. The van der Waals surface area contributed by atoms with Crippen LogP contribution in [0.25, 0.3) is 0 Å². The molecule has 20 heavy (non-hydrogen) atoms. The van der Waals surface area contributed by atoms with Crippen LogP contribution in [0.5, 0.6) is 0 Å². The average molecular weight is 275 g/mol. The van der Waals surface area contributed by atoms with Gasteiger partial charge in [-0.1, -0.05) is 13.8 Å². The molecule has 2 rings (SSSR count). The number of nitrogens with zero attached hydrogens (tertiary/aromatic N) is 3. The fourth-order valence-corrected chi connectivity index (χ4v) is 2.13. The van der Waals surface area contributed by atoms with Gasteiger partial charge in [-0.25, -0.2) is 5.01 Å². The van der Waals surface area contributed by atoms with Crippen LogP contribution in [-0.2, 0) is 9.53 Å². The number of allylic oxidation sites excluding steroid dienone is 4. The van der Waals surface area contributed by atoms with Crippen LogP contribution < -0.4 is 0 Å². The second-order valence-corrected chi connectivity index (χ2v) is 5.36. The Bertz CT molecular complexity index is 568. The van der Waals surface area contributed by atoms with Gasteiger partial charge in [-0.15, -0.1) is 0 Å². The normalized spacial score (nSPS) is 23.6. The van der Waals surface area contributed by atoms with Gasteiger partial charge < -0.3 is 9.64 Å². The fourth-order valence-electron chi connectivity index (χ4n) is 2.13. The number of rotatable bonds is 2. The highest BCUT2D eigenvalue weighted by atomic mass is 16.5. The van der Waals surface area contributed by atoms with Crippen LogP contribution >= 0.6 is 0 Å². The van der Waals surface area contributed by atoms with Crippen LogP contribution in [0.1, 0.15) is 27.7 Å². The molecule has 0 atom stereocenters. The van der Waals surface area contributed by atoms with E-state index in [9.17, 15) is 4.79 Å². The number of likely N-dealkylation sites (N-methyl/N-ethyl adjacent to an activating group) is 1. The SMILES string of the molecule is CC1=C(C)N(C)/C(=C\C=C2\C(=O)N(C)N=C2C(C)C)O1. The monoisotopic (exact) mass is 275 g/mol. The molecule has 0 radical (unpaired) electrons. The highest BCUT2D eigenvalue weighted by Crippen LogP contribution is 2.27. The van der Waals surface area contributed by atoms with Crippen molar-refractivity contribution >= 4 is 11.6 Å². The summed E-state index contributed by atoms with van der Waals surface area (Å²) >= 11 is 0. The van der Waals surface area contributed by atoms with E-state index in [1.165, 1.54) is 5.01 Å². The quantitative estimate of drug-likeness (QED) is 0.727. The van der Waals surface area contributed by atoms with Gasteiger partial charge in [0.25, 0.3) is 5.91 Å². The summed E-state index contributed by atoms with van der Waals surface area (Å²) in [6, 6.07) is 0. The zero-order chi connectivity index (χ0) is 15.0. The van der Waals surface area contributed by atoms with E-state index in [1.807, 2.05) is 45.7 Å². The number of hydrogen-bond acceptors (Lipinski definition) is 4. The molecule has 0 saturated heterocycles. The van der Waals surface area contributed by atoms with Crippen molar-refractivity contribution in [3.8, 4) is 0 Å². The first-order valence-electron chi connectivity index (χ1n) is 6.71. The lowest BCUT2D eigenvalue weighted by Crippen LogP contribution is -2.18. The Morgan fingerprint density at radius 2 is 1.85 bits per heavy atom. The highest BCUT2D eigenvalue weighted by Gasteiger charge is 2.29. The van der Waals surface area contributed by atoms with Crippen molar-refractivity contribution in [2.24, 2.45) is 11.0 Å². The molecule has 0 bridgehead atoms. The van der Waals surface area contributed by atoms with Crippen molar-refractivity contribution in [1.82, 2.24) is 9.91 Å². The molecule has 2 aliphatic heterocycles. The molecule has 0 fully saturated rings. The summed E-state index contributed by atoms with van der Waals surface area (Å²) in [5.41, 5.74) is 2.52. The standard InChI is InChI=1S/C15H21N3O2/c1-9(2)14-12(15(19)18(6)16-14)7-8-13-17(5)10(3)11(4)20-13/h7-9H,1-6H3/b12-7+,13-8+. The van der Waals surface area contributed by atoms with Gasteiger partial charge in [0.05, 0.1) is 17.0 Å². The Labute approximate surface area is 119 Å².